The van der Waals surface area contributed by atoms with Gasteiger partial charge in [-0.15, -0.1) is 0 Å². The SMILES string of the molecule is CCOC(=O)Cc1ccnc(F)c1Br. The number of carbonyl (C=O) groups is 1. The summed E-state index contributed by atoms with van der Waals surface area (Å²) >= 11 is 3.01. The zero-order chi connectivity index (χ0) is 10.6. The first-order valence-corrected chi connectivity index (χ1v) is 4.89. The quantitative estimate of drug-likeness (QED) is 0.618. The van der Waals surface area contributed by atoms with Gasteiger partial charge in [-0.1, -0.05) is 0 Å². The van der Waals surface area contributed by atoms with Crippen LogP contribution in [0.2, 0.25) is 0 Å². The van der Waals surface area contributed by atoms with Gasteiger partial charge in [-0.25, -0.2) is 4.98 Å². The van der Waals surface area contributed by atoms with Crippen molar-refractivity contribution in [2.75, 3.05) is 6.61 Å². The van der Waals surface area contributed by atoms with Crippen LogP contribution < -0.4 is 0 Å². The third kappa shape index (κ3) is 2.77. The molecule has 5 heteroatoms. The summed E-state index contributed by atoms with van der Waals surface area (Å²) in [6.07, 6.45) is 1.36. The molecule has 0 saturated heterocycles. The molecule has 0 unspecified atom stereocenters. The molecule has 3 nitrogen and oxygen atoms in total. The Hall–Kier alpha value is -0.970. The normalized spacial score (nSPS) is 9.93. The summed E-state index contributed by atoms with van der Waals surface area (Å²) in [6, 6.07) is 1.57. The Kier molecular flexibility index (Phi) is 4.00. The molecule has 0 amide bonds. The number of hydrogen-bond acceptors (Lipinski definition) is 3. The maximum absolute atomic E-state index is 12.9. The molecule has 0 spiro atoms. The van der Waals surface area contributed by atoms with Crippen molar-refractivity contribution in [2.24, 2.45) is 0 Å². The fourth-order valence-electron chi connectivity index (χ4n) is 0.959. The summed E-state index contributed by atoms with van der Waals surface area (Å²) in [4.78, 5) is 14.5. The predicted octanol–water partition coefficient (Wildman–Crippen LogP) is 2.09. The molecule has 0 radical (unpaired) electrons. The monoisotopic (exact) mass is 261 g/mol. The van der Waals surface area contributed by atoms with Crippen LogP contribution in [0, 0.1) is 5.95 Å². The molecule has 0 saturated carbocycles. The second-order valence-corrected chi connectivity index (χ2v) is 3.35. The molecule has 0 aromatic carbocycles. The first-order valence-electron chi connectivity index (χ1n) is 4.09. The number of esters is 1. The van der Waals surface area contributed by atoms with Crippen LogP contribution in [0.4, 0.5) is 4.39 Å². The number of ether oxygens (including phenoxy) is 1. The minimum absolute atomic E-state index is 0.0495. The molecule has 1 aromatic heterocycles. The lowest BCUT2D eigenvalue weighted by Crippen LogP contribution is -2.08. The molecule has 0 bridgehead atoms. The van der Waals surface area contributed by atoms with E-state index in [4.69, 9.17) is 4.74 Å². The molecular formula is C9H9BrFNO2. The molecule has 0 fully saturated rings. The third-order valence-corrected chi connectivity index (χ3v) is 2.40. The largest absolute Gasteiger partial charge is 0.466 e. The summed E-state index contributed by atoms with van der Waals surface area (Å²) in [5.41, 5.74) is 0.538. The van der Waals surface area contributed by atoms with E-state index in [2.05, 4.69) is 20.9 Å². The lowest BCUT2D eigenvalue weighted by molar-refractivity contribution is -0.142. The molecule has 1 aromatic rings. The van der Waals surface area contributed by atoms with Gasteiger partial charge in [0.05, 0.1) is 17.5 Å². The van der Waals surface area contributed by atoms with Crippen LogP contribution in [-0.2, 0) is 16.0 Å². The number of aromatic nitrogens is 1. The molecule has 0 atom stereocenters. The maximum atomic E-state index is 12.9. The fraction of sp³-hybridized carbons (Fsp3) is 0.333. The van der Waals surface area contributed by atoms with Gasteiger partial charge in [0.2, 0.25) is 5.95 Å². The smallest absolute Gasteiger partial charge is 0.310 e. The first-order chi connectivity index (χ1) is 6.65. The molecule has 1 rings (SSSR count). The zero-order valence-corrected chi connectivity index (χ0v) is 9.17. The summed E-state index contributed by atoms with van der Waals surface area (Å²) in [6.45, 7) is 2.05. The Morgan fingerprint density at radius 1 is 1.71 bits per heavy atom. The highest BCUT2D eigenvalue weighted by molar-refractivity contribution is 9.10. The molecular weight excluding hydrogens is 253 g/mol. The molecule has 0 N–H and O–H groups in total. The van der Waals surface area contributed by atoms with Crippen molar-refractivity contribution < 1.29 is 13.9 Å². The summed E-state index contributed by atoms with van der Waals surface area (Å²) < 4.78 is 17.9. The average Bonchev–Trinajstić information content (AvgIpc) is 2.13. The molecule has 14 heavy (non-hydrogen) atoms. The van der Waals surface area contributed by atoms with Crippen molar-refractivity contribution in [1.29, 1.82) is 0 Å². The van der Waals surface area contributed by atoms with Crippen LogP contribution in [0.15, 0.2) is 16.7 Å². The van der Waals surface area contributed by atoms with Gasteiger partial charge in [0.15, 0.2) is 0 Å². The Labute approximate surface area is 89.4 Å². The average molecular weight is 262 g/mol. The van der Waals surface area contributed by atoms with Gasteiger partial charge in [0.1, 0.15) is 0 Å². The van der Waals surface area contributed by atoms with Gasteiger partial charge in [0, 0.05) is 6.20 Å². The van der Waals surface area contributed by atoms with Crippen LogP contribution in [0.5, 0.6) is 0 Å². The number of carbonyl (C=O) groups excluding carboxylic acids is 1. The lowest BCUT2D eigenvalue weighted by Gasteiger charge is -2.03. The van der Waals surface area contributed by atoms with E-state index in [-0.39, 0.29) is 16.9 Å². The van der Waals surface area contributed by atoms with Crippen LogP contribution in [0.3, 0.4) is 0 Å². The van der Waals surface area contributed by atoms with E-state index in [1.54, 1.807) is 13.0 Å². The molecule has 76 valence electrons. The van der Waals surface area contributed by atoms with E-state index in [0.29, 0.717) is 12.2 Å². The van der Waals surface area contributed by atoms with Gasteiger partial charge in [0.25, 0.3) is 0 Å². The molecule has 0 aliphatic carbocycles. The van der Waals surface area contributed by atoms with Gasteiger partial charge < -0.3 is 4.74 Å². The van der Waals surface area contributed by atoms with Gasteiger partial charge in [-0.2, -0.15) is 4.39 Å². The van der Waals surface area contributed by atoms with E-state index >= 15 is 0 Å². The Bertz CT molecular complexity index is 344. The minimum atomic E-state index is -0.619. The molecule has 0 aliphatic rings. The minimum Gasteiger partial charge on any atom is -0.466 e. The number of halogens is 2. The van der Waals surface area contributed by atoms with E-state index in [1.165, 1.54) is 6.20 Å². The van der Waals surface area contributed by atoms with Crippen molar-refractivity contribution in [1.82, 2.24) is 4.98 Å². The molecule has 0 aliphatic heterocycles. The highest BCUT2D eigenvalue weighted by Crippen LogP contribution is 2.19. The summed E-state index contributed by atoms with van der Waals surface area (Å²) in [5, 5.41) is 0. The number of hydrogen-bond donors (Lipinski definition) is 0. The van der Waals surface area contributed by atoms with Crippen molar-refractivity contribution in [3.05, 3.63) is 28.2 Å². The van der Waals surface area contributed by atoms with E-state index < -0.39 is 5.95 Å². The number of rotatable bonds is 3. The number of nitrogens with zero attached hydrogens (tertiary/aromatic N) is 1. The van der Waals surface area contributed by atoms with E-state index in [9.17, 15) is 9.18 Å². The van der Waals surface area contributed by atoms with Crippen LogP contribution in [0.25, 0.3) is 0 Å². The number of pyridine rings is 1. The van der Waals surface area contributed by atoms with Crippen molar-refractivity contribution in [3.63, 3.8) is 0 Å². The van der Waals surface area contributed by atoms with Gasteiger partial charge in [-0.3, -0.25) is 4.79 Å². The van der Waals surface area contributed by atoms with E-state index in [1.807, 2.05) is 0 Å². The summed E-state index contributed by atoms with van der Waals surface area (Å²) in [5.74, 6) is -0.995. The van der Waals surface area contributed by atoms with Crippen LogP contribution in [0.1, 0.15) is 12.5 Å². The standard InChI is InChI=1S/C9H9BrFNO2/c1-2-14-7(13)5-6-3-4-12-9(11)8(6)10/h3-4H,2,5H2,1H3. The lowest BCUT2D eigenvalue weighted by atomic mass is 10.2. The fourth-order valence-corrected chi connectivity index (χ4v) is 1.33. The second kappa shape index (κ2) is 5.05. The first kappa shape index (κ1) is 11.1. The predicted molar refractivity (Wildman–Crippen MR) is 52.2 cm³/mol. The highest BCUT2D eigenvalue weighted by Gasteiger charge is 2.10. The maximum Gasteiger partial charge on any atom is 0.310 e. The van der Waals surface area contributed by atoms with E-state index in [0.717, 1.165) is 0 Å². The van der Waals surface area contributed by atoms with Gasteiger partial charge in [-0.05, 0) is 34.5 Å². The highest BCUT2D eigenvalue weighted by atomic mass is 79.9. The second-order valence-electron chi connectivity index (χ2n) is 2.56. The third-order valence-electron chi connectivity index (χ3n) is 1.57. The Balaban J connectivity index is 2.76. The van der Waals surface area contributed by atoms with Crippen molar-refractivity contribution in [2.45, 2.75) is 13.3 Å². The zero-order valence-electron chi connectivity index (χ0n) is 7.59. The van der Waals surface area contributed by atoms with Crippen molar-refractivity contribution in [3.8, 4) is 0 Å². The van der Waals surface area contributed by atoms with Crippen LogP contribution >= 0.6 is 15.9 Å². The van der Waals surface area contributed by atoms with Crippen LogP contribution in [-0.4, -0.2) is 17.6 Å². The van der Waals surface area contributed by atoms with Crippen molar-refractivity contribution >= 4 is 21.9 Å². The Morgan fingerprint density at radius 3 is 3.07 bits per heavy atom. The Morgan fingerprint density at radius 2 is 2.43 bits per heavy atom. The topological polar surface area (TPSA) is 39.2 Å². The van der Waals surface area contributed by atoms with Gasteiger partial charge >= 0.3 is 5.97 Å². The summed E-state index contributed by atoms with van der Waals surface area (Å²) in [7, 11) is 0. The molecule has 1 heterocycles.